The number of methoxy groups -OCH3 is 1. The second-order valence-electron chi connectivity index (χ2n) is 4.99. The minimum Gasteiger partial charge on any atom is -0.502 e. The van der Waals surface area contributed by atoms with Crippen molar-refractivity contribution in [1.82, 2.24) is 0 Å². The molecular weight excluding hydrogens is 314 g/mol. The van der Waals surface area contributed by atoms with Gasteiger partial charge in [-0.1, -0.05) is 0 Å². The molecular formula is C13H16ClN3O5. The zero-order valence-corrected chi connectivity index (χ0v) is 13.0. The number of nitriles is 1. The van der Waals surface area contributed by atoms with Gasteiger partial charge in [-0.25, -0.2) is 0 Å². The summed E-state index contributed by atoms with van der Waals surface area (Å²) in [5.74, 6) is -1.30. The van der Waals surface area contributed by atoms with E-state index in [9.17, 15) is 20.0 Å². The number of ether oxygens (including phenoxy) is 1. The van der Waals surface area contributed by atoms with Gasteiger partial charge < -0.3 is 15.6 Å². The summed E-state index contributed by atoms with van der Waals surface area (Å²) in [6.45, 7) is 2.96. The third-order valence-corrected chi connectivity index (χ3v) is 3.27. The van der Waals surface area contributed by atoms with Crippen molar-refractivity contribution in [2.24, 2.45) is 11.1 Å². The number of hydrogen-bond donors (Lipinski definition) is 2. The van der Waals surface area contributed by atoms with Crippen LogP contribution in [-0.4, -0.2) is 23.1 Å². The molecule has 0 unspecified atom stereocenters. The predicted molar refractivity (Wildman–Crippen MR) is 79.4 cm³/mol. The fourth-order valence-corrected chi connectivity index (χ4v) is 1.86. The number of phenolic OH excluding ortho intramolecular Hbond substituents is 1. The van der Waals surface area contributed by atoms with Crippen LogP contribution in [0.15, 0.2) is 12.1 Å². The zero-order chi connectivity index (χ0) is 16.4. The van der Waals surface area contributed by atoms with Crippen LogP contribution in [-0.2, 0) is 9.53 Å². The van der Waals surface area contributed by atoms with Crippen molar-refractivity contribution in [1.29, 1.82) is 5.26 Å². The number of nitrogens with zero attached hydrogens (tertiary/aromatic N) is 2. The molecule has 0 bridgehead atoms. The Hall–Kier alpha value is -2.37. The highest BCUT2D eigenvalue weighted by Gasteiger charge is 2.39. The van der Waals surface area contributed by atoms with E-state index >= 15 is 0 Å². The Morgan fingerprint density at radius 1 is 1.55 bits per heavy atom. The predicted octanol–water partition coefficient (Wildman–Crippen LogP) is 1.79. The first-order valence-corrected chi connectivity index (χ1v) is 5.92. The molecule has 0 aliphatic rings. The van der Waals surface area contributed by atoms with Crippen molar-refractivity contribution in [2.75, 3.05) is 7.11 Å². The van der Waals surface area contributed by atoms with Crippen molar-refractivity contribution >= 4 is 24.1 Å². The van der Waals surface area contributed by atoms with Crippen molar-refractivity contribution in [2.45, 2.75) is 19.9 Å². The number of esters is 1. The van der Waals surface area contributed by atoms with Crippen LogP contribution in [0.2, 0.25) is 0 Å². The molecule has 0 aromatic heterocycles. The number of halogens is 1. The first-order valence-electron chi connectivity index (χ1n) is 5.92. The minimum absolute atomic E-state index is 0. The van der Waals surface area contributed by atoms with Gasteiger partial charge in [-0.05, 0) is 19.9 Å². The van der Waals surface area contributed by atoms with E-state index in [2.05, 4.69) is 4.74 Å². The maximum absolute atomic E-state index is 11.8. The normalized spacial score (nSPS) is 11.8. The lowest BCUT2D eigenvalue weighted by molar-refractivity contribution is -0.386. The quantitative estimate of drug-likeness (QED) is 0.487. The number of nitro benzene ring substituents is 1. The Balaban J connectivity index is 0.00000441. The van der Waals surface area contributed by atoms with E-state index < -0.39 is 33.8 Å². The van der Waals surface area contributed by atoms with Gasteiger partial charge >= 0.3 is 11.7 Å². The molecule has 0 heterocycles. The summed E-state index contributed by atoms with van der Waals surface area (Å²) >= 11 is 0. The van der Waals surface area contributed by atoms with E-state index in [0.717, 1.165) is 6.07 Å². The van der Waals surface area contributed by atoms with Crippen LogP contribution >= 0.6 is 12.4 Å². The summed E-state index contributed by atoms with van der Waals surface area (Å²) in [5, 5.41) is 29.8. The first kappa shape index (κ1) is 19.6. The maximum Gasteiger partial charge on any atom is 0.313 e. The number of nitro groups is 1. The van der Waals surface area contributed by atoms with E-state index in [-0.39, 0.29) is 23.5 Å². The van der Waals surface area contributed by atoms with E-state index in [4.69, 9.17) is 11.0 Å². The molecule has 0 radical (unpaired) electrons. The molecule has 0 saturated heterocycles. The van der Waals surface area contributed by atoms with Gasteiger partial charge in [-0.15, -0.1) is 12.4 Å². The maximum atomic E-state index is 11.8. The lowest BCUT2D eigenvalue weighted by Crippen LogP contribution is -2.37. The van der Waals surface area contributed by atoms with Gasteiger partial charge in [0.1, 0.15) is 0 Å². The second-order valence-corrected chi connectivity index (χ2v) is 4.99. The molecule has 0 aliphatic carbocycles. The summed E-state index contributed by atoms with van der Waals surface area (Å²) in [7, 11) is 1.19. The van der Waals surface area contributed by atoms with Gasteiger partial charge in [-0.2, -0.15) is 5.26 Å². The molecule has 1 aromatic rings. The van der Waals surface area contributed by atoms with Crippen LogP contribution in [0.5, 0.6) is 5.75 Å². The third kappa shape index (κ3) is 3.44. The molecule has 0 saturated carbocycles. The number of carbonyl (C=O) groups is 1. The molecule has 8 nitrogen and oxygen atoms in total. The van der Waals surface area contributed by atoms with Crippen molar-refractivity contribution in [3.05, 3.63) is 33.4 Å². The molecule has 120 valence electrons. The van der Waals surface area contributed by atoms with Gasteiger partial charge in [0.25, 0.3) is 0 Å². The average Bonchev–Trinajstić information content (AvgIpc) is 2.45. The van der Waals surface area contributed by atoms with Gasteiger partial charge in [0.15, 0.2) is 5.75 Å². The lowest BCUT2D eigenvalue weighted by Gasteiger charge is -2.29. The van der Waals surface area contributed by atoms with E-state index in [1.54, 1.807) is 6.07 Å². The number of aromatic hydroxyl groups is 1. The number of nitrogens with two attached hydrogens (primary N) is 1. The Morgan fingerprint density at radius 3 is 2.50 bits per heavy atom. The Morgan fingerprint density at radius 2 is 2.09 bits per heavy atom. The molecule has 0 aliphatic heterocycles. The molecule has 3 N–H and O–H groups in total. The molecule has 0 fully saturated rings. The molecule has 1 aromatic carbocycles. The largest absolute Gasteiger partial charge is 0.502 e. The number of hydrogen-bond acceptors (Lipinski definition) is 7. The molecule has 9 heteroatoms. The molecule has 22 heavy (non-hydrogen) atoms. The molecule has 0 amide bonds. The SMILES string of the molecule is COC(=O)C(C)(C)[C@H](N)c1cc(C#N)cc([N+](=O)[O-])c1O.Cl. The van der Waals surface area contributed by atoms with Crippen LogP contribution in [0.3, 0.4) is 0 Å². The first-order chi connectivity index (χ1) is 9.66. The highest BCUT2D eigenvalue weighted by Crippen LogP contribution is 2.41. The summed E-state index contributed by atoms with van der Waals surface area (Å²) < 4.78 is 4.63. The second kappa shape index (κ2) is 7.06. The molecule has 1 atom stereocenters. The summed E-state index contributed by atoms with van der Waals surface area (Å²) in [6, 6.07) is 2.83. The van der Waals surface area contributed by atoms with E-state index in [1.165, 1.54) is 27.0 Å². The fourth-order valence-electron chi connectivity index (χ4n) is 1.86. The van der Waals surface area contributed by atoms with Gasteiger partial charge in [0.05, 0.1) is 29.1 Å². The number of phenols is 1. The summed E-state index contributed by atoms with van der Waals surface area (Å²) in [4.78, 5) is 21.8. The van der Waals surface area contributed by atoms with Crippen LogP contribution in [0.1, 0.15) is 31.0 Å². The minimum atomic E-state index is -1.24. The highest BCUT2D eigenvalue weighted by atomic mass is 35.5. The van der Waals surface area contributed by atoms with Crippen LogP contribution in [0.4, 0.5) is 5.69 Å². The van der Waals surface area contributed by atoms with Crippen molar-refractivity contribution in [3.8, 4) is 11.8 Å². The highest BCUT2D eigenvalue weighted by molar-refractivity contribution is 5.85. The standard InChI is InChI=1S/C13H15N3O5.ClH/c1-13(2,12(18)21-3)11(15)8-4-7(6-14)5-9(10(8)17)16(19)20;/h4-5,11,17H,15H2,1-3H3;1H/t11-;/m1./s1. The molecule has 0 spiro atoms. The van der Waals surface area contributed by atoms with Crippen molar-refractivity contribution < 1.29 is 19.6 Å². The van der Waals surface area contributed by atoms with Gasteiger partial charge in [0, 0.05) is 17.7 Å². The monoisotopic (exact) mass is 329 g/mol. The van der Waals surface area contributed by atoms with Crippen LogP contribution < -0.4 is 5.73 Å². The molecule has 1 rings (SSSR count). The third-order valence-electron chi connectivity index (χ3n) is 3.27. The van der Waals surface area contributed by atoms with Gasteiger partial charge in [-0.3, -0.25) is 14.9 Å². The lowest BCUT2D eigenvalue weighted by atomic mass is 9.80. The number of rotatable bonds is 4. The number of benzene rings is 1. The Kier molecular flexibility index (Phi) is 6.30. The Bertz CT molecular complexity index is 639. The average molecular weight is 330 g/mol. The topological polar surface area (TPSA) is 139 Å². The Labute approximate surface area is 133 Å². The van der Waals surface area contributed by atoms with E-state index in [0.29, 0.717) is 0 Å². The zero-order valence-electron chi connectivity index (χ0n) is 12.2. The van der Waals surface area contributed by atoms with Crippen molar-refractivity contribution in [3.63, 3.8) is 0 Å². The fraction of sp³-hybridized carbons (Fsp3) is 0.385. The number of carbonyl (C=O) groups excluding carboxylic acids is 1. The summed E-state index contributed by atoms with van der Waals surface area (Å²) in [5.41, 5.74) is 3.97. The smallest absolute Gasteiger partial charge is 0.313 e. The van der Waals surface area contributed by atoms with Crippen LogP contribution in [0.25, 0.3) is 0 Å². The van der Waals surface area contributed by atoms with Gasteiger partial charge in [0.2, 0.25) is 0 Å². The van der Waals surface area contributed by atoms with E-state index in [1.807, 2.05) is 0 Å². The van der Waals surface area contributed by atoms with Crippen LogP contribution in [0, 0.1) is 26.9 Å². The summed E-state index contributed by atoms with van der Waals surface area (Å²) in [6.07, 6.45) is 0.